The number of nitriles is 1. The van der Waals surface area contributed by atoms with E-state index in [1.807, 2.05) is 37.3 Å². The van der Waals surface area contributed by atoms with E-state index in [1.54, 1.807) is 12.3 Å². The molecule has 0 amide bonds. The van der Waals surface area contributed by atoms with Crippen LogP contribution in [-0.4, -0.2) is 11.9 Å². The van der Waals surface area contributed by atoms with Crippen molar-refractivity contribution < 1.29 is 9.53 Å². The van der Waals surface area contributed by atoms with Gasteiger partial charge >= 0.3 is 0 Å². The first-order chi connectivity index (χ1) is 10.2. The third-order valence-corrected chi connectivity index (χ3v) is 3.90. The Bertz CT molecular complexity index is 704. The lowest BCUT2D eigenvalue weighted by atomic mass is 9.76. The smallest absolute Gasteiger partial charge is 0.179 e. The normalized spacial score (nSPS) is 24.0. The largest absolute Gasteiger partial charge is 0.497 e. The summed E-state index contributed by atoms with van der Waals surface area (Å²) in [6.07, 6.45) is 5.06. The first kappa shape index (κ1) is 13.4. The lowest BCUT2D eigenvalue weighted by molar-refractivity contribution is -0.110. The molecule has 0 saturated heterocycles. The van der Waals surface area contributed by atoms with Crippen LogP contribution in [0.15, 0.2) is 65.5 Å². The Hall–Kier alpha value is -2.60. The van der Waals surface area contributed by atoms with Gasteiger partial charge in [-0.3, -0.25) is 4.79 Å². The van der Waals surface area contributed by atoms with Gasteiger partial charge < -0.3 is 4.74 Å². The van der Waals surface area contributed by atoms with Gasteiger partial charge in [0.05, 0.1) is 18.8 Å². The number of hydrogen-bond acceptors (Lipinski definition) is 3. The van der Waals surface area contributed by atoms with Gasteiger partial charge in [-0.2, -0.15) is 5.26 Å². The number of ether oxygens (including phenoxy) is 1. The van der Waals surface area contributed by atoms with Crippen molar-refractivity contribution in [3.8, 4) is 6.07 Å². The minimum Gasteiger partial charge on any atom is -0.497 e. The average molecular weight is 277 g/mol. The molecule has 1 aromatic carbocycles. The molecule has 3 heteroatoms. The molecule has 0 spiro atoms. The molecule has 0 bridgehead atoms. The Morgan fingerprint density at radius 1 is 1.24 bits per heavy atom. The molecule has 0 fully saturated rings. The van der Waals surface area contributed by atoms with Crippen molar-refractivity contribution in [1.82, 2.24) is 0 Å². The maximum absolute atomic E-state index is 12.0. The number of carbonyl (C=O) groups is 1. The first-order valence-electron chi connectivity index (χ1n) is 6.95. The van der Waals surface area contributed by atoms with Crippen LogP contribution in [0.25, 0.3) is 0 Å². The van der Waals surface area contributed by atoms with Crippen molar-refractivity contribution in [1.29, 1.82) is 5.26 Å². The summed E-state index contributed by atoms with van der Waals surface area (Å²) >= 11 is 0. The minimum atomic E-state index is -0.0533. The van der Waals surface area contributed by atoms with Gasteiger partial charge in [-0.15, -0.1) is 0 Å². The Balaban J connectivity index is 2.07. The number of nitrogens with zero attached hydrogens (tertiary/aromatic N) is 1. The van der Waals surface area contributed by atoms with Crippen LogP contribution >= 0.6 is 0 Å². The molecule has 3 nitrogen and oxygen atoms in total. The number of fused-ring (bicyclic) bond motifs is 1. The Labute approximate surface area is 123 Å². The van der Waals surface area contributed by atoms with Crippen LogP contribution in [0.2, 0.25) is 0 Å². The first-order valence-corrected chi connectivity index (χ1v) is 6.95. The van der Waals surface area contributed by atoms with Crippen molar-refractivity contribution in [2.45, 2.75) is 25.4 Å². The van der Waals surface area contributed by atoms with E-state index in [0.29, 0.717) is 0 Å². The second-order valence-corrected chi connectivity index (χ2v) is 5.27. The van der Waals surface area contributed by atoms with Gasteiger partial charge in [0.15, 0.2) is 5.78 Å². The lowest BCUT2D eigenvalue weighted by Crippen LogP contribution is -2.27. The number of ketones is 1. The van der Waals surface area contributed by atoms with Crippen LogP contribution in [0.1, 0.15) is 24.8 Å². The molecule has 0 N–H and O–H groups in total. The van der Waals surface area contributed by atoms with Crippen molar-refractivity contribution in [2.24, 2.45) is 0 Å². The molecule has 1 aromatic rings. The van der Waals surface area contributed by atoms with E-state index < -0.39 is 0 Å². The van der Waals surface area contributed by atoms with E-state index in [9.17, 15) is 4.79 Å². The molecule has 0 aromatic heterocycles. The molecule has 0 radical (unpaired) electrons. The van der Waals surface area contributed by atoms with Crippen LogP contribution in [-0.2, 0) is 9.53 Å². The Kier molecular flexibility index (Phi) is 3.45. The molecule has 1 aliphatic carbocycles. The highest BCUT2D eigenvalue weighted by atomic mass is 16.5. The predicted molar refractivity (Wildman–Crippen MR) is 79.2 cm³/mol. The molecule has 3 rings (SSSR count). The van der Waals surface area contributed by atoms with E-state index in [4.69, 9.17) is 10.00 Å². The maximum atomic E-state index is 12.0. The van der Waals surface area contributed by atoms with Crippen LogP contribution in [0.5, 0.6) is 0 Å². The van der Waals surface area contributed by atoms with Gasteiger partial charge in [-0.1, -0.05) is 30.3 Å². The number of rotatable bonds is 2. The summed E-state index contributed by atoms with van der Waals surface area (Å²) < 4.78 is 5.76. The summed E-state index contributed by atoms with van der Waals surface area (Å²) in [6, 6.07) is 12.1. The maximum Gasteiger partial charge on any atom is 0.179 e. The second kappa shape index (κ2) is 5.41. The van der Waals surface area contributed by atoms with Gasteiger partial charge in [-0.25, -0.2) is 0 Å². The molecule has 21 heavy (non-hydrogen) atoms. The number of allylic oxidation sites excluding steroid dienone is 4. The fourth-order valence-electron chi connectivity index (χ4n) is 2.96. The quantitative estimate of drug-likeness (QED) is 0.832. The van der Waals surface area contributed by atoms with Crippen molar-refractivity contribution >= 4 is 5.78 Å². The molecular weight excluding hydrogens is 262 g/mol. The van der Waals surface area contributed by atoms with E-state index in [0.717, 1.165) is 22.3 Å². The molecule has 2 aliphatic rings. The summed E-state index contributed by atoms with van der Waals surface area (Å²) in [4.78, 5) is 12.0. The summed E-state index contributed by atoms with van der Waals surface area (Å²) in [6.45, 7) is 2.00. The molecule has 1 heterocycles. The van der Waals surface area contributed by atoms with E-state index in [2.05, 4.69) is 6.07 Å². The van der Waals surface area contributed by atoms with Gasteiger partial charge in [-0.05, 0) is 35.8 Å². The monoisotopic (exact) mass is 277 g/mol. The second-order valence-electron chi connectivity index (χ2n) is 5.27. The van der Waals surface area contributed by atoms with Crippen molar-refractivity contribution in [3.05, 3.63) is 71.0 Å². The van der Waals surface area contributed by atoms with Gasteiger partial charge in [0.2, 0.25) is 0 Å². The van der Waals surface area contributed by atoms with Crippen LogP contribution in [0.3, 0.4) is 0 Å². The molecule has 2 atom stereocenters. The highest BCUT2D eigenvalue weighted by molar-refractivity contribution is 6.03. The molecular formula is C18H15NO2. The van der Waals surface area contributed by atoms with Crippen molar-refractivity contribution in [2.75, 3.05) is 0 Å². The van der Waals surface area contributed by atoms with Crippen LogP contribution < -0.4 is 0 Å². The highest BCUT2D eigenvalue weighted by Gasteiger charge is 2.33. The van der Waals surface area contributed by atoms with Crippen LogP contribution in [0, 0.1) is 11.3 Å². The third kappa shape index (κ3) is 2.41. The molecule has 2 unspecified atom stereocenters. The van der Waals surface area contributed by atoms with E-state index >= 15 is 0 Å². The summed E-state index contributed by atoms with van der Waals surface area (Å²) in [5.41, 5.74) is 3.70. The SMILES string of the molecule is CC1OC=C2C(CC#N)=CC(=O)C=C2C1c1ccccc1. The summed E-state index contributed by atoms with van der Waals surface area (Å²) in [5, 5.41) is 8.94. The predicted octanol–water partition coefficient (Wildman–Crippen LogP) is 3.42. The number of carbonyl (C=O) groups excluding carboxylic acids is 1. The number of hydrogen-bond donors (Lipinski definition) is 0. The summed E-state index contributed by atoms with van der Waals surface area (Å²) in [5.74, 6) is -0.0417. The average Bonchev–Trinajstić information content (AvgIpc) is 2.48. The molecule has 104 valence electrons. The van der Waals surface area contributed by atoms with Gasteiger partial charge in [0, 0.05) is 11.5 Å². The lowest BCUT2D eigenvalue weighted by Gasteiger charge is -2.34. The Morgan fingerprint density at radius 3 is 2.71 bits per heavy atom. The van der Waals surface area contributed by atoms with Gasteiger partial charge in [0.1, 0.15) is 6.10 Å². The Morgan fingerprint density at radius 2 is 2.00 bits per heavy atom. The topological polar surface area (TPSA) is 50.1 Å². The van der Waals surface area contributed by atoms with E-state index in [-0.39, 0.29) is 24.2 Å². The zero-order chi connectivity index (χ0) is 14.8. The fourth-order valence-corrected chi connectivity index (χ4v) is 2.96. The summed E-state index contributed by atoms with van der Waals surface area (Å²) in [7, 11) is 0. The van der Waals surface area contributed by atoms with E-state index in [1.165, 1.54) is 6.08 Å². The third-order valence-electron chi connectivity index (χ3n) is 3.90. The van der Waals surface area contributed by atoms with Crippen LogP contribution in [0.4, 0.5) is 0 Å². The zero-order valence-electron chi connectivity index (χ0n) is 11.7. The van der Waals surface area contributed by atoms with Crippen molar-refractivity contribution in [3.63, 3.8) is 0 Å². The molecule has 0 saturated carbocycles. The molecule has 1 aliphatic heterocycles. The highest BCUT2D eigenvalue weighted by Crippen LogP contribution is 2.42. The standard InChI is InChI=1S/C18H15NO2/c1-12-18(13-5-3-2-4-6-13)16-10-15(20)9-14(7-8-19)17(16)11-21-12/h2-6,9-12,18H,7H2,1H3. The van der Waals surface area contributed by atoms with Gasteiger partial charge in [0.25, 0.3) is 0 Å². The number of benzene rings is 1. The minimum absolute atomic E-state index is 0.0116. The fraction of sp³-hybridized carbons (Fsp3) is 0.222. The zero-order valence-corrected chi connectivity index (χ0v) is 11.7.